The molecule has 144 valence electrons. The zero-order valence-electron chi connectivity index (χ0n) is 15.1. The van der Waals surface area contributed by atoms with Gasteiger partial charge in [-0.3, -0.25) is 10.1 Å². The summed E-state index contributed by atoms with van der Waals surface area (Å²) in [5.74, 6) is -0.777. The Bertz CT molecular complexity index is 837. The SMILES string of the molecule is CC(C)(C)OC(=O)Nc1ccc(F)cc1NC(=O)COc1ccccc1Cl. The summed E-state index contributed by atoms with van der Waals surface area (Å²) in [5.41, 5.74) is -0.429. The number of benzene rings is 2. The van der Waals surface area contributed by atoms with Crippen LogP contribution in [0, 0.1) is 5.82 Å². The number of rotatable bonds is 5. The lowest BCUT2D eigenvalue weighted by Crippen LogP contribution is -2.28. The number of amides is 2. The molecule has 0 fully saturated rings. The molecule has 0 atom stereocenters. The van der Waals surface area contributed by atoms with Crippen molar-refractivity contribution in [3.8, 4) is 5.75 Å². The first-order valence-electron chi connectivity index (χ1n) is 8.11. The summed E-state index contributed by atoms with van der Waals surface area (Å²) in [7, 11) is 0. The Morgan fingerprint density at radius 2 is 1.78 bits per heavy atom. The average molecular weight is 395 g/mol. The van der Waals surface area contributed by atoms with Gasteiger partial charge in [-0.25, -0.2) is 9.18 Å². The number of nitrogens with one attached hydrogen (secondary N) is 2. The number of carbonyl (C=O) groups excluding carboxylic acids is 2. The lowest BCUT2D eigenvalue weighted by molar-refractivity contribution is -0.118. The minimum Gasteiger partial charge on any atom is -0.482 e. The Labute approximate surface area is 161 Å². The number of anilines is 2. The average Bonchev–Trinajstić information content (AvgIpc) is 2.55. The molecule has 2 aromatic carbocycles. The molecule has 0 aromatic heterocycles. The van der Waals surface area contributed by atoms with Crippen molar-refractivity contribution in [3.63, 3.8) is 0 Å². The Morgan fingerprint density at radius 1 is 1.07 bits per heavy atom. The Balaban J connectivity index is 2.04. The summed E-state index contributed by atoms with van der Waals surface area (Å²) < 4.78 is 24.1. The predicted molar refractivity (Wildman–Crippen MR) is 102 cm³/mol. The normalized spacial score (nSPS) is 10.9. The van der Waals surface area contributed by atoms with Crippen LogP contribution in [0.4, 0.5) is 20.6 Å². The molecule has 0 spiro atoms. The van der Waals surface area contributed by atoms with Crippen LogP contribution in [0.1, 0.15) is 20.8 Å². The van der Waals surface area contributed by atoms with Crippen molar-refractivity contribution >= 4 is 35.0 Å². The van der Waals surface area contributed by atoms with Gasteiger partial charge in [-0.2, -0.15) is 0 Å². The molecular formula is C19H20ClFN2O4. The van der Waals surface area contributed by atoms with Crippen molar-refractivity contribution in [1.82, 2.24) is 0 Å². The van der Waals surface area contributed by atoms with Gasteiger partial charge in [-0.05, 0) is 51.1 Å². The predicted octanol–water partition coefficient (Wildman–Crippen LogP) is 4.84. The molecule has 0 aliphatic carbocycles. The van der Waals surface area contributed by atoms with Crippen LogP contribution in [0.3, 0.4) is 0 Å². The van der Waals surface area contributed by atoms with Crippen LogP contribution in [0.15, 0.2) is 42.5 Å². The molecule has 0 aliphatic rings. The third-order valence-electron chi connectivity index (χ3n) is 3.09. The van der Waals surface area contributed by atoms with Crippen LogP contribution in [-0.4, -0.2) is 24.2 Å². The molecule has 0 unspecified atom stereocenters. The van der Waals surface area contributed by atoms with Crippen molar-refractivity contribution in [3.05, 3.63) is 53.3 Å². The van der Waals surface area contributed by atoms with Crippen molar-refractivity contribution < 1.29 is 23.5 Å². The van der Waals surface area contributed by atoms with E-state index in [-0.39, 0.29) is 18.0 Å². The zero-order valence-corrected chi connectivity index (χ0v) is 15.9. The van der Waals surface area contributed by atoms with E-state index in [0.29, 0.717) is 10.8 Å². The maximum atomic E-state index is 13.6. The van der Waals surface area contributed by atoms with Crippen molar-refractivity contribution in [2.75, 3.05) is 17.2 Å². The molecule has 0 aliphatic heterocycles. The van der Waals surface area contributed by atoms with Gasteiger partial charge in [0.2, 0.25) is 0 Å². The first kappa shape index (κ1) is 20.5. The first-order chi connectivity index (χ1) is 12.6. The van der Waals surface area contributed by atoms with Gasteiger partial charge in [-0.1, -0.05) is 23.7 Å². The number of para-hydroxylation sites is 1. The quantitative estimate of drug-likeness (QED) is 0.760. The number of carbonyl (C=O) groups is 2. The second-order valence-corrected chi connectivity index (χ2v) is 6.99. The van der Waals surface area contributed by atoms with Gasteiger partial charge in [-0.15, -0.1) is 0 Å². The monoisotopic (exact) mass is 394 g/mol. The highest BCUT2D eigenvalue weighted by Crippen LogP contribution is 2.25. The van der Waals surface area contributed by atoms with E-state index < -0.39 is 23.4 Å². The smallest absolute Gasteiger partial charge is 0.412 e. The largest absolute Gasteiger partial charge is 0.482 e. The number of hydrogen-bond acceptors (Lipinski definition) is 4. The van der Waals surface area contributed by atoms with E-state index in [0.717, 1.165) is 12.1 Å². The molecule has 6 nitrogen and oxygen atoms in total. The van der Waals surface area contributed by atoms with Crippen molar-refractivity contribution in [1.29, 1.82) is 0 Å². The summed E-state index contributed by atoms with van der Waals surface area (Å²) in [5, 5.41) is 5.33. The zero-order chi connectivity index (χ0) is 20.0. The fourth-order valence-electron chi connectivity index (χ4n) is 2.03. The van der Waals surface area contributed by atoms with Gasteiger partial charge in [0.1, 0.15) is 17.2 Å². The van der Waals surface area contributed by atoms with Crippen LogP contribution in [0.5, 0.6) is 5.75 Å². The lowest BCUT2D eigenvalue weighted by atomic mass is 10.2. The van der Waals surface area contributed by atoms with Crippen LogP contribution >= 0.6 is 11.6 Å². The Kier molecular flexibility index (Phi) is 6.63. The molecule has 0 saturated heterocycles. The van der Waals surface area contributed by atoms with Crippen LogP contribution in [-0.2, 0) is 9.53 Å². The number of halogens is 2. The van der Waals surface area contributed by atoms with Crippen molar-refractivity contribution in [2.24, 2.45) is 0 Å². The minimum absolute atomic E-state index is 0.0774. The van der Waals surface area contributed by atoms with Crippen LogP contribution < -0.4 is 15.4 Å². The van der Waals surface area contributed by atoms with E-state index in [2.05, 4.69) is 10.6 Å². The summed E-state index contributed by atoms with van der Waals surface area (Å²) in [6.45, 7) is 4.80. The maximum absolute atomic E-state index is 13.6. The van der Waals surface area contributed by atoms with Crippen LogP contribution in [0.2, 0.25) is 5.02 Å². The fourth-order valence-corrected chi connectivity index (χ4v) is 2.22. The molecule has 0 heterocycles. The van der Waals surface area contributed by atoms with E-state index in [4.69, 9.17) is 21.1 Å². The van der Waals surface area contributed by atoms with Gasteiger partial charge in [0, 0.05) is 0 Å². The molecule has 2 N–H and O–H groups in total. The Morgan fingerprint density at radius 3 is 2.44 bits per heavy atom. The standard InChI is InChI=1S/C19H20ClFN2O4/c1-19(2,3)27-18(25)23-14-9-8-12(21)10-15(14)22-17(24)11-26-16-7-5-4-6-13(16)20/h4-10H,11H2,1-3H3,(H,22,24)(H,23,25). The van der Waals surface area contributed by atoms with E-state index in [9.17, 15) is 14.0 Å². The topological polar surface area (TPSA) is 76.7 Å². The van der Waals surface area contributed by atoms with Gasteiger partial charge >= 0.3 is 6.09 Å². The fraction of sp³-hybridized carbons (Fsp3) is 0.263. The highest BCUT2D eigenvalue weighted by molar-refractivity contribution is 6.32. The highest BCUT2D eigenvalue weighted by atomic mass is 35.5. The van der Waals surface area contributed by atoms with Crippen molar-refractivity contribution in [2.45, 2.75) is 26.4 Å². The molecule has 0 saturated carbocycles. The second kappa shape index (κ2) is 8.73. The van der Waals surface area contributed by atoms with E-state index in [1.165, 1.54) is 6.07 Å². The van der Waals surface area contributed by atoms with Gasteiger partial charge in [0.25, 0.3) is 5.91 Å². The third-order valence-corrected chi connectivity index (χ3v) is 3.40. The third kappa shape index (κ3) is 6.79. The van der Waals surface area contributed by atoms with E-state index in [1.54, 1.807) is 45.0 Å². The maximum Gasteiger partial charge on any atom is 0.412 e. The molecule has 0 bridgehead atoms. The van der Waals surface area contributed by atoms with E-state index >= 15 is 0 Å². The Hall–Kier alpha value is -2.80. The summed E-state index contributed by atoms with van der Waals surface area (Å²) in [6.07, 6.45) is -0.725. The summed E-state index contributed by atoms with van der Waals surface area (Å²) in [6, 6.07) is 10.3. The van der Waals surface area contributed by atoms with Gasteiger partial charge in [0.05, 0.1) is 16.4 Å². The number of ether oxygens (including phenoxy) is 2. The molecular weight excluding hydrogens is 375 g/mol. The molecule has 2 amide bonds. The molecule has 2 rings (SSSR count). The first-order valence-corrected chi connectivity index (χ1v) is 8.48. The van der Waals surface area contributed by atoms with Gasteiger partial charge in [0.15, 0.2) is 6.61 Å². The lowest BCUT2D eigenvalue weighted by Gasteiger charge is -2.20. The second-order valence-electron chi connectivity index (χ2n) is 6.58. The molecule has 8 heteroatoms. The molecule has 2 aromatic rings. The summed E-state index contributed by atoms with van der Waals surface area (Å²) >= 11 is 5.96. The molecule has 27 heavy (non-hydrogen) atoms. The van der Waals surface area contributed by atoms with Gasteiger partial charge < -0.3 is 14.8 Å². The highest BCUT2D eigenvalue weighted by Gasteiger charge is 2.18. The van der Waals surface area contributed by atoms with E-state index in [1.807, 2.05) is 0 Å². The minimum atomic E-state index is -0.725. The number of hydrogen-bond donors (Lipinski definition) is 2. The molecule has 0 radical (unpaired) electrons. The van der Waals surface area contributed by atoms with Crippen LogP contribution in [0.25, 0.3) is 0 Å². The summed E-state index contributed by atoms with van der Waals surface area (Å²) in [4.78, 5) is 24.0.